The lowest BCUT2D eigenvalue weighted by Gasteiger charge is -2.15. The maximum atomic E-state index is 11.7. The molecule has 1 aromatic rings. The van der Waals surface area contributed by atoms with Gasteiger partial charge in [0, 0.05) is 32.7 Å². The Kier molecular flexibility index (Phi) is 12.1. The summed E-state index contributed by atoms with van der Waals surface area (Å²) in [5.74, 6) is 0.792. The number of nitrogens with one attached hydrogen (secondary N) is 3. The first-order valence-electron chi connectivity index (χ1n) is 9.71. The van der Waals surface area contributed by atoms with E-state index in [9.17, 15) is 4.79 Å². The number of hydrogen-bond donors (Lipinski definition) is 3. The van der Waals surface area contributed by atoms with Crippen LogP contribution < -0.4 is 16.0 Å². The molecule has 0 aromatic heterocycles. The summed E-state index contributed by atoms with van der Waals surface area (Å²) < 4.78 is 0. The van der Waals surface area contributed by atoms with E-state index in [-0.39, 0.29) is 29.9 Å². The number of likely N-dealkylation sites (tertiary alicyclic amines) is 1. The van der Waals surface area contributed by atoms with E-state index in [1.807, 2.05) is 24.3 Å². The zero-order valence-corrected chi connectivity index (χ0v) is 18.9. The molecule has 1 aliphatic heterocycles. The van der Waals surface area contributed by atoms with Crippen LogP contribution in [0.1, 0.15) is 41.6 Å². The molecule has 0 saturated carbocycles. The molecule has 1 aromatic carbocycles. The minimum atomic E-state index is -0.0498. The summed E-state index contributed by atoms with van der Waals surface area (Å²) in [6, 6.07) is 7.74. The number of amides is 1. The summed E-state index contributed by atoms with van der Waals surface area (Å²) in [7, 11) is 3.45. The smallest absolute Gasteiger partial charge is 0.251 e. The molecule has 152 valence electrons. The second-order valence-electron chi connectivity index (χ2n) is 6.71. The third kappa shape index (κ3) is 8.92. The summed E-state index contributed by atoms with van der Waals surface area (Å²) in [6.45, 7) is 5.50. The van der Waals surface area contributed by atoms with E-state index >= 15 is 0 Å². The predicted molar refractivity (Wildman–Crippen MR) is 123 cm³/mol. The van der Waals surface area contributed by atoms with Gasteiger partial charge < -0.3 is 20.9 Å². The zero-order valence-electron chi connectivity index (χ0n) is 16.6. The molecular weight excluding hydrogens is 453 g/mol. The van der Waals surface area contributed by atoms with Crippen LogP contribution in [-0.4, -0.2) is 63.6 Å². The fourth-order valence-electron chi connectivity index (χ4n) is 3.23. The molecule has 0 bridgehead atoms. The molecule has 1 saturated heterocycles. The molecule has 6 nitrogen and oxygen atoms in total. The Morgan fingerprint density at radius 2 is 1.89 bits per heavy atom. The van der Waals surface area contributed by atoms with Gasteiger partial charge in [0.15, 0.2) is 5.96 Å². The lowest BCUT2D eigenvalue weighted by atomic mass is 10.1. The highest BCUT2D eigenvalue weighted by molar-refractivity contribution is 14.0. The van der Waals surface area contributed by atoms with Crippen LogP contribution in [-0.2, 0) is 6.42 Å². The number of benzene rings is 1. The highest BCUT2D eigenvalue weighted by Gasteiger charge is 2.10. The van der Waals surface area contributed by atoms with Gasteiger partial charge in [-0.25, -0.2) is 0 Å². The molecule has 3 N–H and O–H groups in total. The number of halogens is 1. The van der Waals surface area contributed by atoms with Gasteiger partial charge in [-0.3, -0.25) is 9.79 Å². The van der Waals surface area contributed by atoms with Gasteiger partial charge in [0.1, 0.15) is 0 Å². The van der Waals surface area contributed by atoms with Crippen molar-refractivity contribution in [1.82, 2.24) is 20.9 Å². The predicted octanol–water partition coefficient (Wildman–Crippen LogP) is 2.25. The van der Waals surface area contributed by atoms with E-state index in [0.717, 1.165) is 37.5 Å². The van der Waals surface area contributed by atoms with Crippen LogP contribution in [0.4, 0.5) is 0 Å². The Balaban J connectivity index is 0.00000364. The van der Waals surface area contributed by atoms with Crippen LogP contribution in [0, 0.1) is 0 Å². The standard InChI is InChI=1S/C20H33N5O.HI/c1-21-19(26)18-9-7-8-17(16-18)10-12-24-20(22-2)23-11-3-4-13-25-14-5-6-15-25;/h7-9,16H,3-6,10-15H2,1-2H3,(H,21,26)(H2,22,23,24);1H. The average Bonchev–Trinajstić information content (AvgIpc) is 3.19. The van der Waals surface area contributed by atoms with Crippen LogP contribution in [0.3, 0.4) is 0 Å². The van der Waals surface area contributed by atoms with Gasteiger partial charge in [-0.2, -0.15) is 0 Å². The first-order valence-corrected chi connectivity index (χ1v) is 9.71. The minimum Gasteiger partial charge on any atom is -0.356 e. The highest BCUT2D eigenvalue weighted by atomic mass is 127. The van der Waals surface area contributed by atoms with Crippen molar-refractivity contribution in [2.24, 2.45) is 4.99 Å². The topological polar surface area (TPSA) is 68.8 Å². The molecule has 1 aliphatic rings. The first-order chi connectivity index (χ1) is 12.7. The van der Waals surface area contributed by atoms with Crippen LogP contribution >= 0.6 is 24.0 Å². The molecule has 27 heavy (non-hydrogen) atoms. The lowest BCUT2D eigenvalue weighted by molar-refractivity contribution is 0.0963. The molecular formula is C20H34IN5O. The Labute approximate surface area is 180 Å². The van der Waals surface area contributed by atoms with Crippen molar-refractivity contribution in [1.29, 1.82) is 0 Å². The fraction of sp³-hybridized carbons (Fsp3) is 0.600. The van der Waals surface area contributed by atoms with E-state index in [4.69, 9.17) is 0 Å². The van der Waals surface area contributed by atoms with Gasteiger partial charge in [-0.05, 0) is 69.4 Å². The van der Waals surface area contributed by atoms with E-state index in [1.165, 1.54) is 38.9 Å². The van der Waals surface area contributed by atoms with Crippen molar-refractivity contribution in [3.63, 3.8) is 0 Å². The van der Waals surface area contributed by atoms with Gasteiger partial charge in [0.2, 0.25) is 0 Å². The zero-order chi connectivity index (χ0) is 18.6. The van der Waals surface area contributed by atoms with E-state index in [2.05, 4.69) is 25.8 Å². The minimum absolute atomic E-state index is 0. The van der Waals surface area contributed by atoms with Crippen molar-refractivity contribution >= 4 is 35.8 Å². The van der Waals surface area contributed by atoms with Crippen molar-refractivity contribution in [2.75, 3.05) is 46.8 Å². The Hall–Kier alpha value is -1.35. The molecule has 0 spiro atoms. The summed E-state index contributed by atoms with van der Waals surface area (Å²) in [6.07, 6.45) is 5.96. The molecule has 2 rings (SSSR count). The van der Waals surface area contributed by atoms with Crippen molar-refractivity contribution < 1.29 is 4.79 Å². The number of carbonyl (C=O) groups is 1. The maximum absolute atomic E-state index is 11.7. The Morgan fingerprint density at radius 1 is 1.15 bits per heavy atom. The largest absolute Gasteiger partial charge is 0.356 e. The molecule has 0 atom stereocenters. The highest BCUT2D eigenvalue weighted by Crippen LogP contribution is 2.08. The molecule has 0 radical (unpaired) electrons. The second-order valence-corrected chi connectivity index (χ2v) is 6.71. The Morgan fingerprint density at radius 3 is 2.59 bits per heavy atom. The van der Waals surface area contributed by atoms with Crippen molar-refractivity contribution in [3.05, 3.63) is 35.4 Å². The van der Waals surface area contributed by atoms with E-state index in [0.29, 0.717) is 5.56 Å². The van der Waals surface area contributed by atoms with Crippen molar-refractivity contribution in [3.8, 4) is 0 Å². The van der Waals surface area contributed by atoms with E-state index in [1.54, 1.807) is 14.1 Å². The number of guanidine groups is 1. The van der Waals surface area contributed by atoms with Gasteiger partial charge in [0.25, 0.3) is 5.91 Å². The summed E-state index contributed by atoms with van der Waals surface area (Å²) in [5, 5.41) is 9.37. The third-order valence-corrected chi connectivity index (χ3v) is 4.74. The summed E-state index contributed by atoms with van der Waals surface area (Å²) in [5.41, 5.74) is 1.84. The first kappa shape index (κ1) is 23.7. The number of aliphatic imine (C=N–C) groups is 1. The third-order valence-electron chi connectivity index (χ3n) is 4.74. The molecule has 7 heteroatoms. The fourth-order valence-corrected chi connectivity index (χ4v) is 3.23. The summed E-state index contributed by atoms with van der Waals surface area (Å²) in [4.78, 5) is 18.5. The van der Waals surface area contributed by atoms with Crippen LogP contribution in [0.15, 0.2) is 29.3 Å². The number of carbonyl (C=O) groups excluding carboxylic acids is 1. The quantitative estimate of drug-likeness (QED) is 0.216. The monoisotopic (exact) mass is 487 g/mol. The molecule has 1 amide bonds. The second kappa shape index (κ2) is 13.8. The van der Waals surface area contributed by atoms with Gasteiger partial charge in [0.05, 0.1) is 0 Å². The molecule has 1 fully saturated rings. The van der Waals surface area contributed by atoms with Gasteiger partial charge >= 0.3 is 0 Å². The van der Waals surface area contributed by atoms with Crippen molar-refractivity contribution in [2.45, 2.75) is 32.1 Å². The average molecular weight is 487 g/mol. The van der Waals surface area contributed by atoms with Crippen LogP contribution in [0.25, 0.3) is 0 Å². The lowest BCUT2D eigenvalue weighted by Crippen LogP contribution is -2.38. The number of hydrogen-bond acceptors (Lipinski definition) is 3. The van der Waals surface area contributed by atoms with Gasteiger partial charge in [-0.15, -0.1) is 24.0 Å². The van der Waals surface area contributed by atoms with Crippen LogP contribution in [0.5, 0.6) is 0 Å². The normalized spacial score (nSPS) is 14.5. The van der Waals surface area contributed by atoms with E-state index < -0.39 is 0 Å². The Bertz CT molecular complexity index is 587. The number of rotatable bonds is 9. The van der Waals surface area contributed by atoms with Gasteiger partial charge in [-0.1, -0.05) is 12.1 Å². The maximum Gasteiger partial charge on any atom is 0.251 e. The molecule has 1 heterocycles. The number of unbranched alkanes of at least 4 members (excludes halogenated alkanes) is 1. The summed E-state index contributed by atoms with van der Waals surface area (Å²) >= 11 is 0. The van der Waals surface area contributed by atoms with Crippen LogP contribution in [0.2, 0.25) is 0 Å². The SMILES string of the molecule is CN=C(NCCCCN1CCCC1)NCCc1cccc(C(=O)NC)c1.I. The molecule has 0 aliphatic carbocycles. The number of nitrogens with zero attached hydrogens (tertiary/aromatic N) is 2. The molecule has 0 unspecified atom stereocenters.